The minimum atomic E-state index is -0.995. The Morgan fingerprint density at radius 1 is 0.724 bits per heavy atom. The lowest BCUT2D eigenvalue weighted by Gasteiger charge is -2.24. The molecule has 2 aliphatic heterocycles. The Bertz CT molecular complexity index is 1010. The third-order valence-electron chi connectivity index (χ3n) is 6.25. The summed E-state index contributed by atoms with van der Waals surface area (Å²) in [6, 6.07) is 29.3. The fourth-order valence-electron chi connectivity index (χ4n) is 4.73. The molecule has 0 aliphatic carbocycles. The van der Waals surface area contributed by atoms with Crippen molar-refractivity contribution in [2.24, 2.45) is 0 Å². The maximum atomic E-state index is 11.9. The minimum Gasteiger partial charge on any atom is -0.346 e. The maximum Gasteiger partial charge on any atom is 0.271 e. The van der Waals surface area contributed by atoms with Gasteiger partial charge in [-0.1, -0.05) is 72.8 Å². The smallest absolute Gasteiger partial charge is 0.271 e. The Labute approximate surface area is 172 Å². The molecule has 3 aromatic rings. The summed E-state index contributed by atoms with van der Waals surface area (Å²) in [7, 11) is 0. The number of β-amino-alcohol motifs (C(OH)–C–C–N with tert-alkyl or cyclic N) is 1. The highest BCUT2D eigenvalue weighted by atomic mass is 16.3. The molecule has 0 amide bonds. The van der Waals surface area contributed by atoms with E-state index in [1.54, 1.807) is 0 Å². The molecule has 1 atom stereocenters. The second kappa shape index (κ2) is 7.49. The molecule has 0 bridgehead atoms. The lowest BCUT2D eigenvalue weighted by atomic mass is 9.98. The molecule has 0 saturated heterocycles. The van der Waals surface area contributed by atoms with Crippen LogP contribution in [0.3, 0.4) is 0 Å². The van der Waals surface area contributed by atoms with Crippen LogP contribution in [0.5, 0.6) is 0 Å². The zero-order valence-electron chi connectivity index (χ0n) is 16.7. The van der Waals surface area contributed by atoms with Crippen LogP contribution < -0.4 is 4.90 Å². The van der Waals surface area contributed by atoms with E-state index in [9.17, 15) is 5.11 Å². The highest BCUT2D eigenvalue weighted by Gasteiger charge is 2.51. The Kier molecular flexibility index (Phi) is 4.69. The van der Waals surface area contributed by atoms with Gasteiger partial charge in [0.1, 0.15) is 5.69 Å². The van der Waals surface area contributed by atoms with Crippen molar-refractivity contribution in [2.75, 3.05) is 18.0 Å². The van der Waals surface area contributed by atoms with Crippen molar-refractivity contribution in [2.45, 2.75) is 31.4 Å². The van der Waals surface area contributed by atoms with Crippen molar-refractivity contribution in [3.63, 3.8) is 0 Å². The molecule has 0 radical (unpaired) electrons. The van der Waals surface area contributed by atoms with Gasteiger partial charge in [-0.05, 0) is 42.5 Å². The van der Waals surface area contributed by atoms with Crippen molar-refractivity contribution < 1.29 is 9.68 Å². The molecule has 3 nitrogen and oxygen atoms in total. The highest BCUT2D eigenvalue weighted by Crippen LogP contribution is 2.36. The van der Waals surface area contributed by atoms with Crippen molar-refractivity contribution >= 4 is 11.5 Å². The fraction of sp³-hybridized carbons (Fsp3) is 0.269. The van der Waals surface area contributed by atoms with Crippen LogP contribution in [0.2, 0.25) is 0 Å². The van der Waals surface area contributed by atoms with E-state index in [4.69, 9.17) is 0 Å². The molecule has 1 N–H and O–H groups in total. The third kappa shape index (κ3) is 3.26. The predicted octanol–water partition coefficient (Wildman–Crippen LogP) is 5.00. The van der Waals surface area contributed by atoms with Crippen LogP contribution in [0.1, 0.15) is 31.2 Å². The van der Waals surface area contributed by atoms with E-state index < -0.39 is 5.72 Å². The molecule has 146 valence electrons. The van der Waals surface area contributed by atoms with Crippen LogP contribution in [0.4, 0.5) is 5.69 Å². The first-order chi connectivity index (χ1) is 14.3. The van der Waals surface area contributed by atoms with Gasteiger partial charge < -0.3 is 5.11 Å². The summed E-state index contributed by atoms with van der Waals surface area (Å²) < 4.78 is 2.25. The van der Waals surface area contributed by atoms with E-state index in [-0.39, 0.29) is 0 Å². The molecule has 0 aromatic heterocycles. The first kappa shape index (κ1) is 18.1. The number of hydrogen-bond acceptors (Lipinski definition) is 2. The Morgan fingerprint density at radius 2 is 1.38 bits per heavy atom. The molecular weight excluding hydrogens is 356 g/mol. The number of hydrogen-bond donors (Lipinski definition) is 1. The first-order valence-electron chi connectivity index (χ1n) is 10.6. The number of anilines is 1. The number of amidine groups is 1. The second-order valence-corrected chi connectivity index (χ2v) is 8.06. The molecule has 3 heteroatoms. The van der Waals surface area contributed by atoms with E-state index in [0.717, 1.165) is 30.6 Å². The van der Waals surface area contributed by atoms with Crippen LogP contribution >= 0.6 is 0 Å². The molecule has 0 unspecified atom stereocenters. The van der Waals surface area contributed by atoms with Gasteiger partial charge in [0, 0.05) is 12.0 Å². The fourth-order valence-corrected chi connectivity index (χ4v) is 4.73. The van der Waals surface area contributed by atoms with Gasteiger partial charge in [-0.25, -0.2) is 9.48 Å². The van der Waals surface area contributed by atoms with Crippen molar-refractivity contribution in [3.05, 3.63) is 90.5 Å². The van der Waals surface area contributed by atoms with Crippen LogP contribution in [-0.4, -0.2) is 28.6 Å². The standard InChI is InChI=1S/C26H27N2O/c29-26(23-17-15-22(16-18-23)21-10-4-1-5-11-21)20-27(24-12-6-2-7-13-24)25-14-8-3-9-19-28(25)26/h1-2,4-7,10-13,15-18,29H,3,8-9,14,19-20H2/q+1/t26-/m0/s1. The zero-order chi connectivity index (χ0) is 19.7. The summed E-state index contributed by atoms with van der Waals surface area (Å²) in [5.74, 6) is 1.25. The summed E-state index contributed by atoms with van der Waals surface area (Å²) in [5, 5.41) is 11.9. The number of benzene rings is 3. The summed E-state index contributed by atoms with van der Waals surface area (Å²) in [5.41, 5.74) is 3.51. The van der Waals surface area contributed by atoms with E-state index in [0.29, 0.717) is 6.54 Å². The average Bonchev–Trinajstić information content (AvgIpc) is 2.93. The number of nitrogens with zero attached hydrogens (tertiary/aromatic N) is 2. The van der Waals surface area contributed by atoms with Crippen LogP contribution in [0.25, 0.3) is 11.1 Å². The second-order valence-electron chi connectivity index (χ2n) is 8.06. The predicted molar refractivity (Wildman–Crippen MR) is 118 cm³/mol. The Balaban J connectivity index is 1.54. The van der Waals surface area contributed by atoms with Gasteiger partial charge in [-0.2, -0.15) is 0 Å². The zero-order valence-corrected chi connectivity index (χ0v) is 16.7. The maximum absolute atomic E-state index is 11.9. The largest absolute Gasteiger partial charge is 0.346 e. The van der Waals surface area contributed by atoms with Crippen LogP contribution in [-0.2, 0) is 5.72 Å². The van der Waals surface area contributed by atoms with Crippen molar-refractivity contribution in [3.8, 4) is 11.1 Å². The SMILES string of the molecule is O[C@]1(c2ccc(-c3ccccc3)cc2)CN(c2ccccc2)C2=[N+]1CCCCC2. The molecule has 0 saturated carbocycles. The molecule has 0 fully saturated rings. The van der Waals surface area contributed by atoms with Gasteiger partial charge in [0.15, 0.2) is 6.54 Å². The molecule has 3 aromatic carbocycles. The van der Waals surface area contributed by atoms with Crippen molar-refractivity contribution in [1.29, 1.82) is 0 Å². The van der Waals surface area contributed by atoms with Gasteiger partial charge >= 0.3 is 0 Å². The van der Waals surface area contributed by atoms with E-state index in [1.807, 2.05) is 12.1 Å². The average molecular weight is 384 g/mol. The molecule has 0 spiro atoms. The summed E-state index contributed by atoms with van der Waals surface area (Å²) in [4.78, 5) is 2.32. The number of para-hydroxylation sites is 1. The van der Waals surface area contributed by atoms with Gasteiger partial charge in [0.2, 0.25) is 0 Å². The lowest BCUT2D eigenvalue weighted by Crippen LogP contribution is -2.41. The number of aliphatic hydroxyl groups is 1. The van der Waals surface area contributed by atoms with Gasteiger partial charge in [-0.15, -0.1) is 0 Å². The number of rotatable bonds is 3. The van der Waals surface area contributed by atoms with Crippen LogP contribution in [0, 0.1) is 0 Å². The van der Waals surface area contributed by atoms with Crippen molar-refractivity contribution in [1.82, 2.24) is 0 Å². The molecular formula is C26H27N2O+. The van der Waals surface area contributed by atoms with E-state index in [2.05, 4.69) is 82.3 Å². The van der Waals surface area contributed by atoms with Gasteiger partial charge in [0.25, 0.3) is 11.6 Å². The molecule has 29 heavy (non-hydrogen) atoms. The molecule has 2 aliphatic rings. The van der Waals surface area contributed by atoms with E-state index >= 15 is 0 Å². The highest BCUT2D eigenvalue weighted by molar-refractivity contribution is 5.95. The summed E-state index contributed by atoms with van der Waals surface area (Å²) in [6.07, 6.45) is 4.53. The first-order valence-corrected chi connectivity index (χ1v) is 10.6. The Morgan fingerprint density at radius 3 is 2.10 bits per heavy atom. The summed E-state index contributed by atoms with van der Waals surface area (Å²) in [6.45, 7) is 1.46. The van der Waals surface area contributed by atoms with Gasteiger partial charge in [0.05, 0.1) is 6.54 Å². The third-order valence-corrected chi connectivity index (χ3v) is 6.25. The molecule has 2 heterocycles. The van der Waals surface area contributed by atoms with Crippen LogP contribution in [0.15, 0.2) is 84.9 Å². The lowest BCUT2D eigenvalue weighted by molar-refractivity contribution is -0.658. The monoisotopic (exact) mass is 383 g/mol. The Hall–Kier alpha value is -2.91. The van der Waals surface area contributed by atoms with Gasteiger partial charge in [-0.3, -0.25) is 0 Å². The minimum absolute atomic E-state index is 0.566. The van der Waals surface area contributed by atoms with E-state index in [1.165, 1.54) is 29.8 Å². The quantitative estimate of drug-likeness (QED) is 0.644. The molecule has 5 rings (SSSR count). The normalized spacial score (nSPS) is 21.8. The topological polar surface area (TPSA) is 26.5 Å². The summed E-state index contributed by atoms with van der Waals surface area (Å²) >= 11 is 0.